The molecule has 6 nitrogen and oxygen atoms in total. The van der Waals surface area contributed by atoms with Crippen LogP contribution in [0.5, 0.6) is 0 Å². The van der Waals surface area contributed by atoms with Gasteiger partial charge in [-0.2, -0.15) is 0 Å². The molecule has 17 heavy (non-hydrogen) atoms. The van der Waals surface area contributed by atoms with Crippen LogP contribution in [0, 0.1) is 0 Å². The summed E-state index contributed by atoms with van der Waals surface area (Å²) < 4.78 is 4.97. The number of H-pyrrole nitrogens is 1. The number of hydrogen-bond acceptors (Lipinski definition) is 4. The quantitative estimate of drug-likeness (QED) is 0.621. The van der Waals surface area contributed by atoms with Crippen LogP contribution in [0.4, 0.5) is 0 Å². The standard InChI is InChI=1S/C11H17N3O3/c1-17-7-8(5-6-12)13-11(16)9-3-2-4-10(15)14-9/h2-4,8H,5-7,12H2,1H3,(H,13,16)(H,14,15). The van der Waals surface area contributed by atoms with E-state index in [9.17, 15) is 9.59 Å². The van der Waals surface area contributed by atoms with Gasteiger partial charge in [-0.05, 0) is 19.0 Å². The zero-order valence-corrected chi connectivity index (χ0v) is 9.73. The van der Waals surface area contributed by atoms with Gasteiger partial charge in [-0.1, -0.05) is 6.07 Å². The summed E-state index contributed by atoms with van der Waals surface area (Å²) in [4.78, 5) is 25.3. The van der Waals surface area contributed by atoms with E-state index in [0.717, 1.165) is 0 Å². The number of carbonyl (C=O) groups excluding carboxylic acids is 1. The lowest BCUT2D eigenvalue weighted by molar-refractivity contribution is 0.0888. The van der Waals surface area contributed by atoms with Gasteiger partial charge in [0.15, 0.2) is 0 Å². The van der Waals surface area contributed by atoms with Crippen LogP contribution >= 0.6 is 0 Å². The molecule has 0 aliphatic heterocycles. The molecule has 0 saturated carbocycles. The number of nitrogens with one attached hydrogen (secondary N) is 2. The SMILES string of the molecule is COCC(CCN)NC(=O)c1cccc(=O)[nH]1. The minimum Gasteiger partial charge on any atom is -0.383 e. The van der Waals surface area contributed by atoms with Gasteiger partial charge in [0, 0.05) is 13.2 Å². The number of aromatic amines is 1. The Bertz CT molecular complexity index is 410. The number of nitrogens with two attached hydrogens (primary N) is 1. The maximum atomic E-state index is 11.8. The lowest BCUT2D eigenvalue weighted by Crippen LogP contribution is -2.40. The van der Waals surface area contributed by atoms with Crippen LogP contribution in [0.25, 0.3) is 0 Å². The first-order valence-electron chi connectivity index (χ1n) is 5.36. The number of rotatable bonds is 6. The fourth-order valence-electron chi connectivity index (χ4n) is 1.44. The monoisotopic (exact) mass is 239 g/mol. The molecule has 0 aliphatic carbocycles. The Hall–Kier alpha value is -1.66. The average molecular weight is 239 g/mol. The molecule has 6 heteroatoms. The van der Waals surface area contributed by atoms with E-state index < -0.39 is 0 Å². The van der Waals surface area contributed by atoms with Crippen molar-refractivity contribution in [3.05, 3.63) is 34.2 Å². The summed E-state index contributed by atoms with van der Waals surface area (Å²) in [5, 5.41) is 2.75. The van der Waals surface area contributed by atoms with Crippen molar-refractivity contribution < 1.29 is 9.53 Å². The predicted octanol–water partition coefficient (Wildman–Crippen LogP) is -0.531. The first kappa shape index (κ1) is 13.4. The summed E-state index contributed by atoms with van der Waals surface area (Å²) >= 11 is 0. The lowest BCUT2D eigenvalue weighted by atomic mass is 10.2. The highest BCUT2D eigenvalue weighted by Gasteiger charge is 2.13. The highest BCUT2D eigenvalue weighted by atomic mass is 16.5. The molecule has 1 aromatic heterocycles. The maximum Gasteiger partial charge on any atom is 0.268 e. The van der Waals surface area contributed by atoms with Crippen molar-refractivity contribution in [1.29, 1.82) is 0 Å². The summed E-state index contributed by atoms with van der Waals surface area (Å²) in [5.41, 5.74) is 5.36. The number of hydrogen-bond donors (Lipinski definition) is 3. The summed E-state index contributed by atoms with van der Waals surface area (Å²) in [5.74, 6) is -0.335. The Morgan fingerprint density at radius 1 is 1.59 bits per heavy atom. The van der Waals surface area contributed by atoms with Crippen LogP contribution < -0.4 is 16.6 Å². The molecule has 0 aliphatic rings. The molecule has 1 unspecified atom stereocenters. The van der Waals surface area contributed by atoms with Crippen LogP contribution in [0.2, 0.25) is 0 Å². The van der Waals surface area contributed by atoms with E-state index >= 15 is 0 Å². The molecule has 1 rings (SSSR count). The van der Waals surface area contributed by atoms with Crippen molar-refractivity contribution in [3.8, 4) is 0 Å². The van der Waals surface area contributed by atoms with Crippen LogP contribution in [-0.2, 0) is 4.74 Å². The summed E-state index contributed by atoms with van der Waals surface area (Å²) in [6, 6.07) is 4.27. The third-order valence-electron chi connectivity index (χ3n) is 2.23. The van der Waals surface area contributed by atoms with Crippen molar-refractivity contribution in [2.75, 3.05) is 20.3 Å². The largest absolute Gasteiger partial charge is 0.383 e. The molecule has 94 valence electrons. The van der Waals surface area contributed by atoms with Gasteiger partial charge in [-0.3, -0.25) is 9.59 Å². The van der Waals surface area contributed by atoms with Crippen LogP contribution in [0.3, 0.4) is 0 Å². The van der Waals surface area contributed by atoms with Gasteiger partial charge in [-0.25, -0.2) is 0 Å². The van der Waals surface area contributed by atoms with Crippen molar-refractivity contribution in [2.24, 2.45) is 5.73 Å². The molecule has 1 aromatic rings. The molecule has 1 heterocycles. The topological polar surface area (TPSA) is 97.2 Å². The highest BCUT2D eigenvalue weighted by Crippen LogP contribution is 1.96. The molecule has 0 spiro atoms. The number of aromatic nitrogens is 1. The van der Waals surface area contributed by atoms with Gasteiger partial charge in [-0.15, -0.1) is 0 Å². The second-order valence-corrected chi connectivity index (χ2v) is 3.63. The minimum absolute atomic E-state index is 0.152. The van der Waals surface area contributed by atoms with Gasteiger partial charge in [0.1, 0.15) is 5.69 Å². The van der Waals surface area contributed by atoms with E-state index in [1.807, 2.05) is 0 Å². The molecule has 0 radical (unpaired) electrons. The number of amides is 1. The van der Waals surface area contributed by atoms with Crippen molar-refractivity contribution >= 4 is 5.91 Å². The van der Waals surface area contributed by atoms with Crippen molar-refractivity contribution in [1.82, 2.24) is 10.3 Å². The van der Waals surface area contributed by atoms with Crippen LogP contribution in [0.15, 0.2) is 23.0 Å². The molecule has 1 atom stereocenters. The molecular formula is C11H17N3O3. The van der Waals surface area contributed by atoms with E-state index in [1.165, 1.54) is 12.1 Å². The van der Waals surface area contributed by atoms with Crippen molar-refractivity contribution in [3.63, 3.8) is 0 Å². The average Bonchev–Trinajstić information content (AvgIpc) is 2.29. The van der Waals surface area contributed by atoms with Crippen molar-refractivity contribution in [2.45, 2.75) is 12.5 Å². The third kappa shape index (κ3) is 4.38. The zero-order chi connectivity index (χ0) is 12.7. The van der Waals surface area contributed by atoms with E-state index in [0.29, 0.717) is 19.6 Å². The minimum atomic E-state index is -0.335. The number of ether oxygens (including phenoxy) is 1. The Balaban J connectivity index is 2.66. The fraction of sp³-hybridized carbons (Fsp3) is 0.455. The molecule has 1 amide bonds. The van der Waals surface area contributed by atoms with Crippen LogP contribution in [0.1, 0.15) is 16.9 Å². The second kappa shape index (κ2) is 6.82. The first-order valence-corrected chi connectivity index (χ1v) is 5.36. The van der Waals surface area contributed by atoms with Gasteiger partial charge in [0.2, 0.25) is 5.56 Å². The highest BCUT2D eigenvalue weighted by molar-refractivity contribution is 5.92. The second-order valence-electron chi connectivity index (χ2n) is 3.63. The zero-order valence-electron chi connectivity index (χ0n) is 9.73. The van der Waals surface area contributed by atoms with E-state index in [-0.39, 0.29) is 23.2 Å². The molecular weight excluding hydrogens is 222 g/mol. The normalized spacial score (nSPS) is 12.1. The Morgan fingerprint density at radius 3 is 2.94 bits per heavy atom. The van der Waals surface area contributed by atoms with Gasteiger partial charge < -0.3 is 20.8 Å². The van der Waals surface area contributed by atoms with E-state index in [2.05, 4.69) is 10.3 Å². The number of pyridine rings is 1. The predicted molar refractivity (Wildman–Crippen MR) is 63.9 cm³/mol. The van der Waals surface area contributed by atoms with Gasteiger partial charge in [0.25, 0.3) is 5.91 Å². The smallest absolute Gasteiger partial charge is 0.268 e. The van der Waals surface area contributed by atoms with Gasteiger partial charge >= 0.3 is 0 Å². The maximum absolute atomic E-state index is 11.8. The Morgan fingerprint density at radius 2 is 2.35 bits per heavy atom. The molecule has 0 fully saturated rings. The first-order chi connectivity index (χ1) is 8.17. The fourth-order valence-corrected chi connectivity index (χ4v) is 1.44. The third-order valence-corrected chi connectivity index (χ3v) is 2.23. The van der Waals surface area contributed by atoms with E-state index in [4.69, 9.17) is 10.5 Å². The molecule has 0 bridgehead atoms. The summed E-state index contributed by atoms with van der Waals surface area (Å²) in [6.07, 6.45) is 0.622. The molecule has 0 saturated heterocycles. The lowest BCUT2D eigenvalue weighted by Gasteiger charge is -2.16. The Kier molecular flexibility index (Phi) is 5.38. The van der Waals surface area contributed by atoms with Gasteiger partial charge in [0.05, 0.1) is 12.6 Å². The van der Waals surface area contributed by atoms with E-state index in [1.54, 1.807) is 13.2 Å². The Labute approximate surface area is 99.2 Å². The molecule has 0 aromatic carbocycles. The summed E-state index contributed by atoms with van der Waals surface area (Å²) in [7, 11) is 1.56. The number of carbonyl (C=O) groups is 1. The number of methoxy groups -OCH3 is 1. The summed E-state index contributed by atoms with van der Waals surface area (Å²) in [6.45, 7) is 0.847. The van der Waals surface area contributed by atoms with Crippen LogP contribution in [-0.4, -0.2) is 37.2 Å². The molecule has 4 N–H and O–H groups in total.